The van der Waals surface area contributed by atoms with E-state index < -0.39 is 12.1 Å². The number of carbonyl (C=O) groups is 1. The van der Waals surface area contributed by atoms with Crippen LogP contribution in [0.15, 0.2) is 53.3 Å². The van der Waals surface area contributed by atoms with Crippen molar-refractivity contribution in [1.29, 1.82) is 0 Å². The van der Waals surface area contributed by atoms with E-state index in [0.29, 0.717) is 11.3 Å². The first kappa shape index (κ1) is 12.6. The predicted octanol–water partition coefficient (Wildman–Crippen LogP) is 3.05. The molecule has 0 fully saturated rings. The molecular weight excluding hydrogens is 298 g/mol. The number of carboxylic acids is 1. The molecule has 0 saturated carbocycles. The molecule has 1 heterocycles. The third kappa shape index (κ3) is 3.07. The predicted molar refractivity (Wildman–Crippen MR) is 69.4 cm³/mol. The van der Waals surface area contributed by atoms with E-state index in [-0.39, 0.29) is 0 Å². The van der Waals surface area contributed by atoms with Crippen molar-refractivity contribution in [3.05, 3.63) is 58.8 Å². The molecule has 2 rings (SSSR count). The molecule has 5 heteroatoms. The van der Waals surface area contributed by atoms with Crippen molar-refractivity contribution in [2.45, 2.75) is 6.10 Å². The lowest BCUT2D eigenvalue weighted by Gasteiger charge is -2.15. The van der Waals surface area contributed by atoms with Gasteiger partial charge in [0.2, 0.25) is 6.10 Å². The molecule has 0 saturated heterocycles. The van der Waals surface area contributed by atoms with E-state index in [1.807, 2.05) is 6.07 Å². The summed E-state index contributed by atoms with van der Waals surface area (Å²) in [4.78, 5) is 15.2. The molecule has 1 atom stereocenters. The van der Waals surface area contributed by atoms with Crippen LogP contribution in [0.4, 0.5) is 0 Å². The number of hydrogen-bond acceptors (Lipinski definition) is 3. The van der Waals surface area contributed by atoms with Gasteiger partial charge < -0.3 is 9.84 Å². The average Bonchev–Trinajstić information content (AvgIpc) is 2.37. The molecule has 0 amide bonds. The van der Waals surface area contributed by atoms with Crippen LogP contribution in [0, 0.1) is 0 Å². The van der Waals surface area contributed by atoms with Crippen molar-refractivity contribution >= 4 is 21.9 Å². The van der Waals surface area contributed by atoms with Gasteiger partial charge >= 0.3 is 5.97 Å². The van der Waals surface area contributed by atoms with E-state index >= 15 is 0 Å². The molecule has 0 aliphatic carbocycles. The molecule has 1 N–H and O–H groups in total. The molecule has 2 aromatic rings. The monoisotopic (exact) mass is 307 g/mol. The second kappa shape index (κ2) is 5.64. The Morgan fingerprint density at radius 3 is 2.61 bits per heavy atom. The van der Waals surface area contributed by atoms with Gasteiger partial charge in [-0.05, 0) is 22.0 Å². The highest BCUT2D eigenvalue weighted by molar-refractivity contribution is 9.10. The summed E-state index contributed by atoms with van der Waals surface area (Å²) < 4.78 is 6.18. The highest BCUT2D eigenvalue weighted by atomic mass is 79.9. The number of ether oxygens (including phenoxy) is 1. The fourth-order valence-corrected chi connectivity index (χ4v) is 1.83. The zero-order valence-corrected chi connectivity index (χ0v) is 10.9. The topological polar surface area (TPSA) is 59.4 Å². The standard InChI is InChI=1S/C13H10BrNO3/c14-10-6-11(8-15-7-10)18-12(13(16)17)9-4-2-1-3-5-9/h1-8,12H,(H,16,17). The average molecular weight is 308 g/mol. The van der Waals surface area contributed by atoms with Gasteiger partial charge in [-0.1, -0.05) is 30.3 Å². The molecule has 1 unspecified atom stereocenters. The van der Waals surface area contributed by atoms with Crippen molar-refractivity contribution in [1.82, 2.24) is 4.98 Å². The second-order valence-electron chi connectivity index (χ2n) is 3.59. The van der Waals surface area contributed by atoms with Crippen molar-refractivity contribution in [3.8, 4) is 5.75 Å². The van der Waals surface area contributed by atoms with Crippen LogP contribution in [-0.2, 0) is 4.79 Å². The molecule has 0 bridgehead atoms. The zero-order valence-electron chi connectivity index (χ0n) is 9.29. The number of hydrogen-bond donors (Lipinski definition) is 1. The summed E-state index contributed by atoms with van der Waals surface area (Å²) in [5.74, 6) is -0.637. The van der Waals surface area contributed by atoms with Gasteiger partial charge in [-0.15, -0.1) is 0 Å². The first-order valence-corrected chi connectivity index (χ1v) is 6.01. The van der Waals surface area contributed by atoms with Crippen LogP contribution in [-0.4, -0.2) is 16.1 Å². The number of halogens is 1. The minimum atomic E-state index is -1.04. The Hall–Kier alpha value is -1.88. The van der Waals surface area contributed by atoms with Crippen LogP contribution < -0.4 is 4.74 Å². The smallest absolute Gasteiger partial charge is 0.349 e. The molecule has 1 aromatic heterocycles. The Labute approximate surface area is 112 Å². The second-order valence-corrected chi connectivity index (χ2v) is 4.50. The molecule has 0 spiro atoms. The van der Waals surface area contributed by atoms with E-state index in [4.69, 9.17) is 4.74 Å². The van der Waals surface area contributed by atoms with Gasteiger partial charge in [-0.2, -0.15) is 0 Å². The number of pyridine rings is 1. The summed E-state index contributed by atoms with van der Waals surface area (Å²) in [7, 11) is 0. The molecule has 4 nitrogen and oxygen atoms in total. The van der Waals surface area contributed by atoms with Crippen molar-refractivity contribution in [2.24, 2.45) is 0 Å². The summed E-state index contributed by atoms with van der Waals surface area (Å²) in [6.07, 6.45) is 2.04. The number of aliphatic carboxylic acids is 1. The summed E-state index contributed by atoms with van der Waals surface area (Å²) in [6.45, 7) is 0. The van der Waals surface area contributed by atoms with E-state index in [1.54, 1.807) is 36.5 Å². The fraction of sp³-hybridized carbons (Fsp3) is 0.0769. The van der Waals surface area contributed by atoms with Gasteiger partial charge in [0.1, 0.15) is 5.75 Å². The quantitative estimate of drug-likeness (QED) is 0.943. The summed E-state index contributed by atoms with van der Waals surface area (Å²) in [5.41, 5.74) is 0.588. The SMILES string of the molecule is O=C(O)C(Oc1cncc(Br)c1)c1ccccc1. The molecule has 0 radical (unpaired) electrons. The zero-order chi connectivity index (χ0) is 13.0. The fourth-order valence-electron chi connectivity index (χ4n) is 1.48. The van der Waals surface area contributed by atoms with Gasteiger partial charge in [0.05, 0.1) is 6.20 Å². The normalized spacial score (nSPS) is 11.8. The Morgan fingerprint density at radius 2 is 2.00 bits per heavy atom. The maximum Gasteiger partial charge on any atom is 0.349 e. The minimum Gasteiger partial charge on any atom is -0.478 e. The molecular formula is C13H10BrNO3. The third-order valence-corrected chi connectivity index (χ3v) is 2.69. The maximum atomic E-state index is 11.2. The van der Waals surface area contributed by atoms with Gasteiger partial charge in [0.25, 0.3) is 0 Å². The highest BCUT2D eigenvalue weighted by Crippen LogP contribution is 2.23. The molecule has 92 valence electrons. The summed E-state index contributed by atoms with van der Waals surface area (Å²) >= 11 is 3.26. The molecule has 1 aromatic carbocycles. The van der Waals surface area contributed by atoms with Crippen LogP contribution in [0.5, 0.6) is 5.75 Å². The lowest BCUT2D eigenvalue weighted by atomic mass is 10.1. The van der Waals surface area contributed by atoms with Crippen LogP contribution >= 0.6 is 15.9 Å². The van der Waals surface area contributed by atoms with Gasteiger partial charge in [-0.25, -0.2) is 4.79 Å². The number of benzene rings is 1. The van der Waals surface area contributed by atoms with Crippen LogP contribution in [0.2, 0.25) is 0 Å². The number of nitrogens with zero attached hydrogens (tertiary/aromatic N) is 1. The van der Waals surface area contributed by atoms with Gasteiger partial charge in [0, 0.05) is 16.2 Å². The van der Waals surface area contributed by atoms with Gasteiger partial charge in [0.15, 0.2) is 0 Å². The largest absolute Gasteiger partial charge is 0.478 e. The van der Waals surface area contributed by atoms with E-state index in [0.717, 1.165) is 4.47 Å². The van der Waals surface area contributed by atoms with E-state index in [2.05, 4.69) is 20.9 Å². The molecule has 0 aliphatic heterocycles. The summed E-state index contributed by atoms with van der Waals surface area (Å²) in [6, 6.07) is 10.5. The lowest BCUT2D eigenvalue weighted by molar-refractivity contribution is -0.145. The third-order valence-electron chi connectivity index (χ3n) is 2.26. The van der Waals surface area contributed by atoms with Gasteiger partial charge in [-0.3, -0.25) is 4.98 Å². The Bertz CT molecular complexity index is 545. The van der Waals surface area contributed by atoms with E-state index in [1.165, 1.54) is 6.20 Å². The Kier molecular flexibility index (Phi) is 3.94. The number of rotatable bonds is 4. The number of aromatic nitrogens is 1. The van der Waals surface area contributed by atoms with Crippen molar-refractivity contribution in [2.75, 3.05) is 0 Å². The van der Waals surface area contributed by atoms with Crippen LogP contribution in [0.3, 0.4) is 0 Å². The maximum absolute atomic E-state index is 11.2. The first-order valence-electron chi connectivity index (χ1n) is 5.22. The van der Waals surface area contributed by atoms with Crippen molar-refractivity contribution in [3.63, 3.8) is 0 Å². The molecule has 18 heavy (non-hydrogen) atoms. The minimum absolute atomic E-state index is 0.403. The molecule has 0 aliphatic rings. The van der Waals surface area contributed by atoms with Crippen LogP contribution in [0.1, 0.15) is 11.7 Å². The first-order chi connectivity index (χ1) is 8.66. The Balaban J connectivity index is 2.25. The summed E-state index contributed by atoms with van der Waals surface area (Å²) in [5, 5.41) is 9.20. The van der Waals surface area contributed by atoms with E-state index in [9.17, 15) is 9.90 Å². The van der Waals surface area contributed by atoms with Crippen molar-refractivity contribution < 1.29 is 14.6 Å². The van der Waals surface area contributed by atoms with Crippen LogP contribution in [0.25, 0.3) is 0 Å². The lowest BCUT2D eigenvalue weighted by Crippen LogP contribution is -2.18. The number of carboxylic acid groups (broad SMARTS) is 1. The highest BCUT2D eigenvalue weighted by Gasteiger charge is 2.21. The Morgan fingerprint density at radius 1 is 1.28 bits per heavy atom.